The number of rotatable bonds is 1. The molecule has 27 heavy (non-hydrogen) atoms. The fraction of sp³-hybridized carbons (Fsp3) is 0. The lowest BCUT2D eigenvalue weighted by Gasteiger charge is -2.20. The van der Waals surface area contributed by atoms with Crippen LogP contribution in [-0.4, -0.2) is 11.8 Å². The zero-order chi connectivity index (χ0) is 17.8. The number of benzene rings is 4. The van der Waals surface area contributed by atoms with Gasteiger partial charge in [-0.2, -0.15) is 0 Å². The molecule has 2 nitrogen and oxygen atoms in total. The number of ether oxygens (including phenoxy) is 1. The van der Waals surface area contributed by atoms with E-state index >= 15 is 0 Å². The molecule has 1 aliphatic heterocycles. The molecule has 0 bridgehead atoms. The first kappa shape index (κ1) is 14.7. The number of aromatic nitrogens is 1. The Hall–Kier alpha value is -3.46. The molecule has 2 heterocycles. The van der Waals surface area contributed by atoms with E-state index in [0.717, 1.165) is 18.8 Å². The first-order chi connectivity index (χ1) is 13.4. The maximum Gasteiger partial charge on any atom is 0.202 e. The van der Waals surface area contributed by atoms with Crippen LogP contribution in [0, 0.1) is 0 Å². The van der Waals surface area contributed by atoms with Crippen molar-refractivity contribution < 1.29 is 4.74 Å². The van der Waals surface area contributed by atoms with Crippen molar-refractivity contribution >= 4 is 40.0 Å². The third kappa shape index (κ3) is 2.15. The van der Waals surface area contributed by atoms with Crippen molar-refractivity contribution in [2.24, 2.45) is 0 Å². The molecule has 6 rings (SSSR count). The molecule has 0 radical (unpaired) electrons. The first-order valence-electron chi connectivity index (χ1n) is 9.26. The second-order valence-electron chi connectivity index (χ2n) is 7.05. The fourth-order valence-corrected chi connectivity index (χ4v) is 4.22. The summed E-state index contributed by atoms with van der Waals surface area (Å²) in [6.07, 6.45) is 0. The average molecular weight is 345 g/mol. The highest BCUT2D eigenvalue weighted by Gasteiger charge is 2.19. The second-order valence-corrected chi connectivity index (χ2v) is 7.05. The minimum Gasteiger partial charge on any atom is -0.459 e. The van der Waals surface area contributed by atoms with Gasteiger partial charge in [0.25, 0.3) is 0 Å². The number of hydrogen-bond acceptors (Lipinski definition) is 1. The highest BCUT2D eigenvalue weighted by molar-refractivity contribution is 6.69. The Morgan fingerprint density at radius 2 is 1.22 bits per heavy atom. The van der Waals surface area contributed by atoms with Gasteiger partial charge in [-0.15, -0.1) is 0 Å². The Balaban J connectivity index is 1.59. The van der Waals surface area contributed by atoms with Gasteiger partial charge in [0.2, 0.25) is 7.28 Å². The summed E-state index contributed by atoms with van der Waals surface area (Å²) in [6, 6.07) is 32.0. The van der Waals surface area contributed by atoms with Crippen LogP contribution in [0.3, 0.4) is 0 Å². The van der Waals surface area contributed by atoms with E-state index in [1.54, 1.807) is 0 Å². The van der Waals surface area contributed by atoms with E-state index in [2.05, 4.69) is 83.4 Å². The van der Waals surface area contributed by atoms with Crippen LogP contribution in [0.2, 0.25) is 0 Å². The number of para-hydroxylation sites is 3. The van der Waals surface area contributed by atoms with Gasteiger partial charge >= 0.3 is 0 Å². The van der Waals surface area contributed by atoms with Gasteiger partial charge in [0.15, 0.2) is 0 Å². The van der Waals surface area contributed by atoms with Crippen LogP contribution in [0.5, 0.6) is 11.5 Å². The lowest BCUT2D eigenvalue weighted by atomic mass is 9.62. The molecule has 0 fully saturated rings. The van der Waals surface area contributed by atoms with Gasteiger partial charge in [-0.25, -0.2) is 0 Å². The molecule has 4 aromatic carbocycles. The summed E-state index contributed by atoms with van der Waals surface area (Å²) in [7, 11) is 0.899. The van der Waals surface area contributed by atoms with Crippen LogP contribution < -0.4 is 15.7 Å². The standard InChI is InChI=1S/C24H16BNO/c1-4-10-21-17(7-1)18-8-2-5-11-22(18)26(21)16-13-14-24-20(15-16)25-19-9-3-6-12-23(19)27-24/h1-15,25H. The quantitative estimate of drug-likeness (QED) is 0.406. The first-order valence-corrected chi connectivity index (χ1v) is 9.26. The summed E-state index contributed by atoms with van der Waals surface area (Å²) < 4.78 is 8.47. The van der Waals surface area contributed by atoms with E-state index in [9.17, 15) is 0 Å². The summed E-state index contributed by atoms with van der Waals surface area (Å²) in [5.41, 5.74) is 6.11. The maximum absolute atomic E-state index is 6.12. The monoisotopic (exact) mass is 345 g/mol. The zero-order valence-electron chi connectivity index (χ0n) is 14.7. The lowest BCUT2D eigenvalue weighted by Crippen LogP contribution is -2.33. The molecule has 0 aliphatic carbocycles. The van der Waals surface area contributed by atoms with E-state index in [-0.39, 0.29) is 0 Å². The lowest BCUT2D eigenvalue weighted by molar-refractivity contribution is 0.488. The Bertz CT molecular complexity index is 1280. The molecule has 3 heteroatoms. The molecular formula is C24H16BNO. The SMILES string of the molecule is B1c2ccccc2Oc2ccc(-n3c4ccccc4c4ccccc43)cc21. The van der Waals surface area contributed by atoms with Crippen LogP contribution in [0.25, 0.3) is 27.5 Å². The molecule has 0 saturated heterocycles. The fourth-order valence-electron chi connectivity index (χ4n) is 4.22. The number of nitrogens with zero attached hydrogens (tertiary/aromatic N) is 1. The Kier molecular flexibility index (Phi) is 3.00. The van der Waals surface area contributed by atoms with Gasteiger partial charge in [0, 0.05) is 16.5 Å². The Morgan fingerprint density at radius 3 is 2.00 bits per heavy atom. The molecule has 126 valence electrons. The Morgan fingerprint density at radius 1 is 0.593 bits per heavy atom. The summed E-state index contributed by atoms with van der Waals surface area (Å²) >= 11 is 0. The molecule has 1 aliphatic rings. The third-order valence-electron chi connectivity index (χ3n) is 5.46. The van der Waals surface area contributed by atoms with Gasteiger partial charge in [0.05, 0.1) is 11.0 Å². The van der Waals surface area contributed by atoms with Gasteiger partial charge in [-0.05, 0) is 47.3 Å². The van der Waals surface area contributed by atoms with Crippen LogP contribution in [-0.2, 0) is 0 Å². The van der Waals surface area contributed by atoms with Gasteiger partial charge < -0.3 is 9.30 Å². The van der Waals surface area contributed by atoms with Crippen molar-refractivity contribution in [2.45, 2.75) is 0 Å². The number of hydrogen-bond donors (Lipinski definition) is 0. The van der Waals surface area contributed by atoms with E-state index in [4.69, 9.17) is 4.74 Å². The van der Waals surface area contributed by atoms with E-state index in [0.29, 0.717) is 0 Å². The summed E-state index contributed by atoms with van der Waals surface area (Å²) in [6.45, 7) is 0. The molecule has 0 unspecified atom stereocenters. The highest BCUT2D eigenvalue weighted by Crippen LogP contribution is 2.32. The van der Waals surface area contributed by atoms with E-state index < -0.39 is 0 Å². The van der Waals surface area contributed by atoms with E-state index in [1.165, 1.54) is 38.4 Å². The molecule has 0 amide bonds. The van der Waals surface area contributed by atoms with Crippen LogP contribution >= 0.6 is 0 Å². The largest absolute Gasteiger partial charge is 0.459 e. The predicted octanol–water partition coefficient (Wildman–Crippen LogP) is 4.28. The van der Waals surface area contributed by atoms with E-state index in [1.807, 2.05) is 12.1 Å². The molecular weight excluding hydrogens is 329 g/mol. The Labute approximate surface area is 157 Å². The second kappa shape index (κ2) is 5.52. The predicted molar refractivity (Wildman–Crippen MR) is 114 cm³/mol. The van der Waals surface area contributed by atoms with Crippen molar-refractivity contribution in [3.63, 3.8) is 0 Å². The minimum atomic E-state index is 0.899. The topological polar surface area (TPSA) is 14.2 Å². The maximum atomic E-state index is 6.12. The van der Waals surface area contributed by atoms with Crippen LogP contribution in [0.15, 0.2) is 91.0 Å². The molecule has 5 aromatic rings. The highest BCUT2D eigenvalue weighted by atomic mass is 16.5. The van der Waals surface area contributed by atoms with Gasteiger partial charge in [0.1, 0.15) is 11.5 Å². The van der Waals surface area contributed by atoms with Crippen molar-refractivity contribution in [3.05, 3.63) is 91.0 Å². The van der Waals surface area contributed by atoms with Gasteiger partial charge in [-0.3, -0.25) is 0 Å². The van der Waals surface area contributed by atoms with Gasteiger partial charge in [-0.1, -0.05) is 54.6 Å². The van der Waals surface area contributed by atoms with Crippen molar-refractivity contribution in [1.82, 2.24) is 4.57 Å². The third-order valence-corrected chi connectivity index (χ3v) is 5.46. The minimum absolute atomic E-state index is 0.899. The summed E-state index contributed by atoms with van der Waals surface area (Å²) in [4.78, 5) is 0. The van der Waals surface area contributed by atoms with Crippen LogP contribution in [0.1, 0.15) is 0 Å². The molecule has 0 saturated carbocycles. The number of fused-ring (bicyclic) bond motifs is 5. The molecule has 0 spiro atoms. The average Bonchev–Trinajstić information content (AvgIpc) is 3.06. The smallest absolute Gasteiger partial charge is 0.202 e. The van der Waals surface area contributed by atoms with Crippen molar-refractivity contribution in [1.29, 1.82) is 0 Å². The van der Waals surface area contributed by atoms with Crippen molar-refractivity contribution in [3.8, 4) is 17.2 Å². The summed E-state index contributed by atoms with van der Waals surface area (Å²) in [5, 5.41) is 2.57. The van der Waals surface area contributed by atoms with Crippen molar-refractivity contribution in [2.75, 3.05) is 0 Å². The zero-order valence-corrected chi connectivity index (χ0v) is 14.7. The molecule has 1 aromatic heterocycles. The molecule has 0 atom stereocenters. The normalized spacial score (nSPS) is 12.3. The van der Waals surface area contributed by atoms with Crippen LogP contribution in [0.4, 0.5) is 0 Å². The summed E-state index contributed by atoms with van der Waals surface area (Å²) in [5.74, 6) is 1.92. The molecule has 0 N–H and O–H groups in total.